The lowest BCUT2D eigenvalue weighted by molar-refractivity contribution is 0.103. The molecule has 1 heterocycles. The van der Waals surface area contributed by atoms with Crippen molar-refractivity contribution < 1.29 is 17.6 Å². The molecule has 4 aromatic rings. The molecule has 0 aliphatic heterocycles. The molecule has 0 saturated carbocycles. The molecule has 4 rings (SSSR count). The number of nitrogens with one attached hydrogen (secondary N) is 1. The fourth-order valence-electron chi connectivity index (χ4n) is 3.99. The van der Waals surface area contributed by atoms with Gasteiger partial charge in [0, 0.05) is 27.1 Å². The van der Waals surface area contributed by atoms with Gasteiger partial charge in [0.2, 0.25) is 0 Å². The van der Waals surface area contributed by atoms with Gasteiger partial charge in [0.25, 0.3) is 5.91 Å². The molecule has 188 valence electrons. The number of benzene rings is 3. The molecule has 1 amide bonds. The van der Waals surface area contributed by atoms with Crippen molar-refractivity contribution in [3.05, 3.63) is 99.1 Å². The standard InChI is InChI=1S/C28H27ClFNO3S2/c1-27(2,18-6-9-22(30)10-7-18)20-14-21(29)16-23(15-20)31-26(32)25-13-17-12-19(8-11-24(17)35-25)28(3,4)36(5,33)34/h6-16H,1-5H3,(H,31,32). The predicted molar refractivity (Wildman–Crippen MR) is 148 cm³/mol. The number of carbonyl (C=O) groups excluding carboxylic acids is 1. The van der Waals surface area contributed by atoms with Gasteiger partial charge in [-0.05, 0) is 84.5 Å². The molecule has 0 spiro atoms. The summed E-state index contributed by atoms with van der Waals surface area (Å²) in [6, 6.07) is 19.0. The number of fused-ring (bicyclic) bond motifs is 1. The highest BCUT2D eigenvalue weighted by molar-refractivity contribution is 7.91. The number of halogens is 2. The molecule has 0 atom stereocenters. The van der Waals surface area contributed by atoms with Gasteiger partial charge in [-0.25, -0.2) is 12.8 Å². The van der Waals surface area contributed by atoms with Crippen molar-refractivity contribution in [1.82, 2.24) is 0 Å². The largest absolute Gasteiger partial charge is 0.321 e. The number of hydrogen-bond donors (Lipinski definition) is 1. The van der Waals surface area contributed by atoms with Crippen LogP contribution in [0.2, 0.25) is 5.02 Å². The lowest BCUT2D eigenvalue weighted by Crippen LogP contribution is -2.27. The smallest absolute Gasteiger partial charge is 0.265 e. The lowest BCUT2D eigenvalue weighted by atomic mass is 9.78. The maximum Gasteiger partial charge on any atom is 0.265 e. The van der Waals surface area contributed by atoms with Crippen molar-refractivity contribution in [3.8, 4) is 0 Å². The first-order chi connectivity index (χ1) is 16.7. The second kappa shape index (κ2) is 9.29. The van der Waals surface area contributed by atoms with Crippen molar-refractivity contribution >= 4 is 54.5 Å². The summed E-state index contributed by atoms with van der Waals surface area (Å²) in [6.45, 7) is 7.37. The molecule has 36 heavy (non-hydrogen) atoms. The van der Waals surface area contributed by atoms with Gasteiger partial charge in [0.05, 0.1) is 9.62 Å². The molecule has 1 N–H and O–H groups in total. The minimum Gasteiger partial charge on any atom is -0.321 e. The highest BCUT2D eigenvalue weighted by atomic mass is 35.5. The van der Waals surface area contributed by atoms with E-state index in [2.05, 4.69) is 5.32 Å². The van der Waals surface area contributed by atoms with Crippen molar-refractivity contribution in [1.29, 1.82) is 0 Å². The van der Waals surface area contributed by atoms with Crippen LogP contribution in [0.15, 0.2) is 66.7 Å². The Hall–Kier alpha value is -2.74. The fourth-order valence-corrected chi connectivity index (χ4v) is 5.72. The van der Waals surface area contributed by atoms with Crippen LogP contribution in [0.1, 0.15) is 54.1 Å². The zero-order valence-corrected chi connectivity index (χ0v) is 23.0. The Morgan fingerprint density at radius 2 is 1.53 bits per heavy atom. The summed E-state index contributed by atoms with van der Waals surface area (Å²) in [7, 11) is -3.32. The molecule has 0 aliphatic rings. The second-order valence-corrected chi connectivity index (χ2v) is 14.0. The third-order valence-corrected chi connectivity index (χ3v) is 10.2. The van der Waals surface area contributed by atoms with Crippen LogP contribution in [0, 0.1) is 5.82 Å². The monoisotopic (exact) mass is 543 g/mol. The van der Waals surface area contributed by atoms with E-state index >= 15 is 0 Å². The molecule has 1 aromatic heterocycles. The highest BCUT2D eigenvalue weighted by Gasteiger charge is 2.32. The van der Waals surface area contributed by atoms with Gasteiger partial charge < -0.3 is 5.32 Å². The van der Waals surface area contributed by atoms with Crippen LogP contribution in [0.4, 0.5) is 10.1 Å². The minimum absolute atomic E-state index is 0.284. The number of sulfone groups is 1. The van der Waals surface area contributed by atoms with Gasteiger partial charge in [0.15, 0.2) is 9.84 Å². The van der Waals surface area contributed by atoms with E-state index in [0.717, 1.165) is 21.2 Å². The normalized spacial score (nSPS) is 12.6. The topological polar surface area (TPSA) is 63.2 Å². The number of hydrogen-bond acceptors (Lipinski definition) is 4. The van der Waals surface area contributed by atoms with E-state index in [1.807, 2.05) is 38.1 Å². The molecule has 3 aromatic carbocycles. The summed E-state index contributed by atoms with van der Waals surface area (Å²) >= 11 is 7.74. The number of thiophene rings is 1. The lowest BCUT2D eigenvalue weighted by Gasteiger charge is -2.27. The van der Waals surface area contributed by atoms with E-state index in [-0.39, 0.29) is 11.7 Å². The van der Waals surface area contributed by atoms with E-state index < -0.39 is 20.0 Å². The summed E-state index contributed by atoms with van der Waals surface area (Å²) < 4.78 is 37.8. The van der Waals surface area contributed by atoms with Gasteiger partial charge >= 0.3 is 0 Å². The highest BCUT2D eigenvalue weighted by Crippen LogP contribution is 2.36. The molecule has 0 unspecified atom stereocenters. The van der Waals surface area contributed by atoms with E-state index in [0.29, 0.717) is 21.2 Å². The Kier molecular flexibility index (Phi) is 6.79. The van der Waals surface area contributed by atoms with Crippen LogP contribution in [-0.4, -0.2) is 20.6 Å². The average molecular weight is 544 g/mol. The van der Waals surface area contributed by atoms with Gasteiger partial charge in [-0.2, -0.15) is 0 Å². The average Bonchev–Trinajstić information content (AvgIpc) is 3.22. The van der Waals surface area contributed by atoms with E-state index in [9.17, 15) is 17.6 Å². The number of carbonyl (C=O) groups is 1. The molecular formula is C28H27ClFNO3S2. The molecule has 8 heteroatoms. The van der Waals surface area contributed by atoms with Gasteiger partial charge in [-0.1, -0.05) is 43.6 Å². The Labute approximate surface area is 220 Å². The second-order valence-electron chi connectivity index (χ2n) is 9.96. The molecule has 0 saturated heterocycles. The maximum absolute atomic E-state index is 13.4. The van der Waals surface area contributed by atoms with Crippen LogP contribution in [0.3, 0.4) is 0 Å². The predicted octanol–water partition coefficient (Wildman–Crippen LogP) is 7.55. The molecule has 0 aliphatic carbocycles. The first-order valence-corrected chi connectivity index (χ1v) is 14.4. The van der Waals surface area contributed by atoms with Gasteiger partial charge in [-0.15, -0.1) is 11.3 Å². The van der Waals surface area contributed by atoms with Crippen molar-refractivity contribution in [2.24, 2.45) is 0 Å². The summed E-state index contributed by atoms with van der Waals surface area (Å²) in [5.74, 6) is -0.586. The number of anilines is 1. The zero-order valence-electron chi connectivity index (χ0n) is 20.6. The minimum atomic E-state index is -3.32. The van der Waals surface area contributed by atoms with Crippen LogP contribution in [-0.2, 0) is 20.0 Å². The van der Waals surface area contributed by atoms with Crippen molar-refractivity contribution in [3.63, 3.8) is 0 Å². The fraction of sp³-hybridized carbons (Fsp3) is 0.250. The Morgan fingerprint density at radius 1 is 0.889 bits per heavy atom. The first kappa shape index (κ1) is 26.3. The van der Waals surface area contributed by atoms with Gasteiger partial charge in [-0.3, -0.25) is 4.79 Å². The Balaban J connectivity index is 1.63. The molecule has 0 bridgehead atoms. The Morgan fingerprint density at radius 3 is 2.17 bits per heavy atom. The summed E-state index contributed by atoms with van der Waals surface area (Å²) in [5.41, 5.74) is 2.54. The third kappa shape index (κ3) is 5.05. The van der Waals surface area contributed by atoms with Crippen molar-refractivity contribution in [2.75, 3.05) is 11.6 Å². The maximum atomic E-state index is 13.4. The SMILES string of the molecule is CC(C)(c1ccc(F)cc1)c1cc(Cl)cc(NC(=O)c2cc3cc(C(C)(C)S(C)(=O)=O)ccc3s2)c1. The van der Waals surface area contributed by atoms with Crippen LogP contribution < -0.4 is 5.32 Å². The van der Waals surface area contributed by atoms with E-state index in [1.165, 1.54) is 29.7 Å². The molecule has 0 fully saturated rings. The van der Waals surface area contributed by atoms with E-state index in [1.54, 1.807) is 44.2 Å². The summed E-state index contributed by atoms with van der Waals surface area (Å²) in [5, 5.41) is 4.22. The quantitative estimate of drug-likeness (QED) is 0.273. The molecule has 0 radical (unpaired) electrons. The first-order valence-electron chi connectivity index (χ1n) is 11.3. The number of amides is 1. The van der Waals surface area contributed by atoms with Crippen LogP contribution in [0.5, 0.6) is 0 Å². The van der Waals surface area contributed by atoms with E-state index in [4.69, 9.17) is 11.6 Å². The summed E-state index contributed by atoms with van der Waals surface area (Å²) in [6.07, 6.45) is 1.22. The molecular weight excluding hydrogens is 517 g/mol. The van der Waals surface area contributed by atoms with Gasteiger partial charge in [0.1, 0.15) is 5.82 Å². The zero-order chi connectivity index (χ0) is 26.5. The molecule has 4 nitrogen and oxygen atoms in total. The number of rotatable bonds is 6. The van der Waals surface area contributed by atoms with Crippen LogP contribution in [0.25, 0.3) is 10.1 Å². The van der Waals surface area contributed by atoms with Crippen LogP contribution >= 0.6 is 22.9 Å². The van der Waals surface area contributed by atoms with Crippen molar-refractivity contribution in [2.45, 2.75) is 37.9 Å². The Bertz CT molecular complexity index is 1570. The summed E-state index contributed by atoms with van der Waals surface area (Å²) in [4.78, 5) is 13.6. The third-order valence-electron chi connectivity index (χ3n) is 6.81.